The van der Waals surface area contributed by atoms with Gasteiger partial charge < -0.3 is 0 Å². The number of hydrogen-bond acceptors (Lipinski definition) is 4. The first-order valence-corrected chi connectivity index (χ1v) is 4.92. The van der Waals surface area contributed by atoms with Crippen LogP contribution in [0.25, 0.3) is 0 Å². The van der Waals surface area contributed by atoms with Crippen LogP contribution >= 0.6 is 0 Å². The maximum Gasteiger partial charge on any atom is 0.235 e. The molecule has 0 heterocycles. The average Bonchev–Trinajstić information content (AvgIpc) is 2.85. The first-order chi connectivity index (χ1) is 6.77. The predicted molar refractivity (Wildman–Crippen MR) is 51.5 cm³/mol. The smallest absolute Gasteiger partial charge is 0.211 e. The molecule has 4 heteroatoms. The van der Waals surface area contributed by atoms with Gasteiger partial charge >= 0.3 is 0 Å². The second kappa shape index (κ2) is 5.48. The van der Waals surface area contributed by atoms with E-state index in [9.17, 15) is 9.59 Å². The molecule has 0 aromatic heterocycles. The Bertz CT molecular complexity index is 278. The summed E-state index contributed by atoms with van der Waals surface area (Å²) >= 11 is 0. The van der Waals surface area contributed by atoms with Gasteiger partial charge in [0.05, 0.1) is 12.1 Å². The maximum atomic E-state index is 9.92. The summed E-state index contributed by atoms with van der Waals surface area (Å²) in [6.45, 7) is 1.90. The van der Waals surface area contributed by atoms with Crippen LogP contribution in [0.2, 0.25) is 0 Å². The van der Waals surface area contributed by atoms with Crippen molar-refractivity contribution in [3.63, 3.8) is 0 Å². The summed E-state index contributed by atoms with van der Waals surface area (Å²) in [5.74, 6) is 0.559. The highest BCUT2D eigenvalue weighted by Crippen LogP contribution is 2.37. The number of carbonyl (C=O) groups excluding carboxylic acids is 2. The lowest BCUT2D eigenvalue weighted by atomic mass is 10.1. The fraction of sp³-hybridized carbons (Fsp3) is 0.800. The van der Waals surface area contributed by atoms with Gasteiger partial charge in [-0.2, -0.15) is 0 Å². The van der Waals surface area contributed by atoms with Gasteiger partial charge in [0, 0.05) is 0 Å². The van der Waals surface area contributed by atoms with Gasteiger partial charge in [-0.05, 0) is 32.1 Å². The van der Waals surface area contributed by atoms with E-state index in [0.717, 1.165) is 25.7 Å². The zero-order valence-corrected chi connectivity index (χ0v) is 8.27. The maximum absolute atomic E-state index is 9.92. The molecular formula is C10H14N2O2. The zero-order chi connectivity index (χ0) is 10.4. The number of nitrogens with zero attached hydrogens (tertiary/aromatic N) is 2. The molecule has 1 rings (SSSR count). The molecule has 3 atom stereocenters. The molecule has 0 amide bonds. The van der Waals surface area contributed by atoms with E-state index >= 15 is 0 Å². The lowest BCUT2D eigenvalue weighted by Gasteiger charge is -2.01. The Morgan fingerprint density at radius 1 is 1.43 bits per heavy atom. The Balaban J connectivity index is 2.06. The highest BCUT2D eigenvalue weighted by molar-refractivity contribution is 5.34. The van der Waals surface area contributed by atoms with E-state index in [4.69, 9.17) is 0 Å². The first-order valence-electron chi connectivity index (χ1n) is 4.92. The quantitative estimate of drug-likeness (QED) is 0.476. The fourth-order valence-electron chi connectivity index (χ4n) is 1.60. The molecule has 4 nitrogen and oxygen atoms in total. The molecule has 2 unspecified atom stereocenters. The fourth-order valence-corrected chi connectivity index (χ4v) is 1.60. The molecule has 0 aromatic rings. The third-order valence-electron chi connectivity index (χ3n) is 2.57. The van der Waals surface area contributed by atoms with Gasteiger partial charge in [0.1, 0.15) is 0 Å². The topological polar surface area (TPSA) is 58.9 Å². The van der Waals surface area contributed by atoms with Crippen molar-refractivity contribution in [3.05, 3.63) is 0 Å². The van der Waals surface area contributed by atoms with Crippen molar-refractivity contribution >= 4 is 12.2 Å². The van der Waals surface area contributed by atoms with Crippen LogP contribution in [0.1, 0.15) is 32.6 Å². The minimum Gasteiger partial charge on any atom is -0.211 e. The summed E-state index contributed by atoms with van der Waals surface area (Å²) in [6, 6.07) is 0.289. The van der Waals surface area contributed by atoms with E-state index in [2.05, 4.69) is 9.98 Å². The summed E-state index contributed by atoms with van der Waals surface area (Å²) < 4.78 is 0. The lowest BCUT2D eigenvalue weighted by Crippen LogP contribution is -1.97. The molecule has 14 heavy (non-hydrogen) atoms. The minimum atomic E-state index is 0.0688. The third kappa shape index (κ3) is 3.65. The van der Waals surface area contributed by atoms with Crippen LogP contribution in [-0.2, 0) is 9.59 Å². The van der Waals surface area contributed by atoms with Crippen LogP contribution in [0.3, 0.4) is 0 Å². The lowest BCUT2D eigenvalue weighted by molar-refractivity contribution is 0.538. The van der Waals surface area contributed by atoms with Crippen LogP contribution in [0, 0.1) is 5.92 Å². The van der Waals surface area contributed by atoms with E-state index in [-0.39, 0.29) is 12.1 Å². The SMILES string of the molecule is CC(CCC[C@H]1CC1N=C=O)N=C=O. The number of isocyanates is 2. The second-order valence-corrected chi connectivity index (χ2v) is 3.78. The van der Waals surface area contributed by atoms with E-state index in [1.165, 1.54) is 0 Å². The van der Waals surface area contributed by atoms with Gasteiger partial charge in [0.25, 0.3) is 0 Å². The van der Waals surface area contributed by atoms with Gasteiger partial charge in [-0.15, -0.1) is 0 Å². The van der Waals surface area contributed by atoms with E-state index in [0.29, 0.717) is 5.92 Å². The summed E-state index contributed by atoms with van der Waals surface area (Å²) in [5, 5.41) is 0. The van der Waals surface area contributed by atoms with E-state index in [1.807, 2.05) is 6.92 Å². The Morgan fingerprint density at radius 2 is 2.21 bits per heavy atom. The summed E-state index contributed by atoms with van der Waals surface area (Å²) in [5.41, 5.74) is 0. The third-order valence-corrected chi connectivity index (χ3v) is 2.57. The second-order valence-electron chi connectivity index (χ2n) is 3.78. The van der Waals surface area contributed by atoms with Gasteiger partial charge in [0.2, 0.25) is 12.2 Å². The van der Waals surface area contributed by atoms with Gasteiger partial charge in [0.15, 0.2) is 0 Å². The van der Waals surface area contributed by atoms with Crippen LogP contribution < -0.4 is 0 Å². The molecule has 1 fully saturated rings. The molecule has 1 saturated carbocycles. The summed E-state index contributed by atoms with van der Waals surface area (Å²) in [4.78, 5) is 27.1. The van der Waals surface area contributed by atoms with Gasteiger partial charge in [-0.3, -0.25) is 0 Å². The van der Waals surface area contributed by atoms with Gasteiger partial charge in [-0.1, -0.05) is 6.42 Å². The summed E-state index contributed by atoms with van der Waals surface area (Å²) in [6.07, 6.45) is 7.15. The van der Waals surface area contributed by atoms with E-state index in [1.54, 1.807) is 12.2 Å². The Hall–Kier alpha value is -1.24. The van der Waals surface area contributed by atoms with Crippen molar-refractivity contribution in [1.29, 1.82) is 0 Å². The molecule has 0 spiro atoms. The Morgan fingerprint density at radius 3 is 2.86 bits per heavy atom. The number of aliphatic imine (C=N–C) groups is 2. The molecule has 0 aliphatic heterocycles. The number of rotatable bonds is 6. The monoisotopic (exact) mass is 194 g/mol. The summed E-state index contributed by atoms with van der Waals surface area (Å²) in [7, 11) is 0. The van der Waals surface area contributed by atoms with Crippen molar-refractivity contribution in [3.8, 4) is 0 Å². The van der Waals surface area contributed by atoms with Crippen molar-refractivity contribution in [1.82, 2.24) is 0 Å². The largest absolute Gasteiger partial charge is 0.235 e. The first kappa shape index (κ1) is 10.8. The molecule has 0 N–H and O–H groups in total. The molecule has 0 bridgehead atoms. The standard InChI is InChI=1S/C10H14N2O2/c1-8(11-6-13)3-2-4-9-5-10(9)12-7-14/h8-10H,2-5H2,1H3/t8?,9-,10?/m0/s1. The van der Waals surface area contributed by atoms with Gasteiger partial charge in [-0.25, -0.2) is 19.6 Å². The van der Waals surface area contributed by atoms with Crippen LogP contribution in [0.5, 0.6) is 0 Å². The molecule has 0 radical (unpaired) electrons. The zero-order valence-electron chi connectivity index (χ0n) is 8.27. The van der Waals surface area contributed by atoms with Crippen LogP contribution in [0.15, 0.2) is 9.98 Å². The van der Waals surface area contributed by atoms with Crippen LogP contribution in [0.4, 0.5) is 0 Å². The number of hydrogen-bond donors (Lipinski definition) is 0. The van der Waals surface area contributed by atoms with Crippen molar-refractivity contribution in [2.24, 2.45) is 15.9 Å². The molecule has 1 aliphatic carbocycles. The minimum absolute atomic E-state index is 0.0688. The van der Waals surface area contributed by atoms with Crippen molar-refractivity contribution < 1.29 is 9.59 Å². The van der Waals surface area contributed by atoms with Crippen molar-refractivity contribution in [2.45, 2.75) is 44.7 Å². The normalized spacial score (nSPS) is 25.8. The molecular weight excluding hydrogens is 180 g/mol. The van der Waals surface area contributed by atoms with Crippen molar-refractivity contribution in [2.75, 3.05) is 0 Å². The van der Waals surface area contributed by atoms with Crippen LogP contribution in [-0.4, -0.2) is 24.2 Å². The highest BCUT2D eigenvalue weighted by atomic mass is 16.1. The highest BCUT2D eigenvalue weighted by Gasteiger charge is 2.36. The Labute approximate surface area is 83.1 Å². The predicted octanol–water partition coefficient (Wildman–Crippen LogP) is 1.61. The average molecular weight is 194 g/mol. The molecule has 0 aromatic carbocycles. The molecule has 1 aliphatic rings. The van der Waals surface area contributed by atoms with E-state index < -0.39 is 0 Å². The molecule has 0 saturated heterocycles. The molecule has 76 valence electrons. The Kier molecular flexibility index (Phi) is 4.24.